The molecule has 2 saturated heterocycles. The van der Waals surface area contributed by atoms with Gasteiger partial charge in [-0.25, -0.2) is 4.68 Å². The molecule has 6 rings (SSSR count). The minimum atomic E-state index is -0.669. The lowest BCUT2D eigenvalue weighted by Crippen LogP contribution is -2.52. The maximum Gasteiger partial charge on any atom is 0.276 e. The lowest BCUT2D eigenvalue weighted by molar-refractivity contribution is -0.136. The van der Waals surface area contributed by atoms with E-state index in [4.69, 9.17) is 0 Å². The second kappa shape index (κ2) is 7.80. The van der Waals surface area contributed by atoms with Gasteiger partial charge in [-0.2, -0.15) is 0 Å². The Morgan fingerprint density at radius 3 is 2.76 bits per heavy atom. The van der Waals surface area contributed by atoms with E-state index in [1.807, 2.05) is 0 Å². The Labute approximate surface area is 196 Å². The molecule has 172 valence electrons. The highest BCUT2D eigenvalue weighted by molar-refractivity contribution is 7.09. The zero-order valence-corrected chi connectivity index (χ0v) is 18.6. The summed E-state index contributed by atoms with van der Waals surface area (Å²) in [4.78, 5) is 52.6. The number of carbonyl (C=O) groups excluding carboxylic acids is 4. The van der Waals surface area contributed by atoms with Crippen molar-refractivity contribution in [1.29, 1.82) is 0 Å². The first-order chi connectivity index (χ1) is 16.5. The van der Waals surface area contributed by atoms with Gasteiger partial charge in [-0.1, -0.05) is 11.3 Å². The first kappa shape index (κ1) is 20.6. The number of fused-ring (bicyclic) bond motifs is 1. The molecule has 3 aromatic rings. The molecule has 3 aliphatic rings. The number of amides is 4. The summed E-state index contributed by atoms with van der Waals surface area (Å²) in [5.41, 5.74) is 3.73. The van der Waals surface area contributed by atoms with Crippen molar-refractivity contribution in [2.45, 2.75) is 31.3 Å². The highest BCUT2D eigenvalue weighted by Crippen LogP contribution is 2.30. The first-order valence-electron chi connectivity index (χ1n) is 10.7. The lowest BCUT2D eigenvalue weighted by atomic mass is 10.0. The average Bonchev–Trinajstić information content (AvgIpc) is 3.54. The number of hydrogen-bond donors (Lipinski definition) is 1. The molecule has 0 saturated carbocycles. The Balaban J connectivity index is 1.16. The lowest BCUT2D eigenvalue weighted by Gasteiger charge is -2.37. The van der Waals surface area contributed by atoms with Gasteiger partial charge in [-0.3, -0.25) is 24.5 Å². The van der Waals surface area contributed by atoms with Gasteiger partial charge in [0.15, 0.2) is 5.69 Å². The van der Waals surface area contributed by atoms with E-state index < -0.39 is 11.9 Å². The van der Waals surface area contributed by atoms with E-state index in [0.29, 0.717) is 37.3 Å². The molecule has 0 spiro atoms. The van der Waals surface area contributed by atoms with Gasteiger partial charge >= 0.3 is 0 Å². The summed E-state index contributed by atoms with van der Waals surface area (Å²) in [5.74, 6) is -1.06. The van der Waals surface area contributed by atoms with Crippen LogP contribution in [-0.2, 0) is 16.1 Å². The van der Waals surface area contributed by atoms with Gasteiger partial charge in [-0.05, 0) is 24.1 Å². The molecular formula is C21H18N8O4S. The van der Waals surface area contributed by atoms with Crippen LogP contribution in [0.5, 0.6) is 0 Å². The number of hydrogen-bond acceptors (Lipinski definition) is 9. The Bertz CT molecular complexity index is 1330. The number of aromatic nitrogens is 5. The number of nitrogens with one attached hydrogen (secondary N) is 1. The number of carbonyl (C=O) groups is 4. The van der Waals surface area contributed by atoms with Crippen molar-refractivity contribution in [2.75, 3.05) is 13.1 Å². The summed E-state index contributed by atoms with van der Waals surface area (Å²) in [6.07, 6.45) is 2.05. The molecule has 0 aliphatic carbocycles. The number of nitrogens with zero attached hydrogens (tertiary/aromatic N) is 7. The third kappa shape index (κ3) is 3.36. The smallest absolute Gasteiger partial charge is 0.276 e. The molecule has 34 heavy (non-hydrogen) atoms. The maximum absolute atomic E-state index is 13.0. The highest BCUT2D eigenvalue weighted by Gasteiger charge is 2.39. The molecule has 1 unspecified atom stereocenters. The zero-order chi connectivity index (χ0) is 23.4. The van der Waals surface area contributed by atoms with E-state index in [0.717, 1.165) is 10.6 Å². The van der Waals surface area contributed by atoms with Crippen molar-refractivity contribution >= 4 is 35.0 Å². The number of imide groups is 1. The summed E-state index contributed by atoms with van der Waals surface area (Å²) >= 11 is 1.48. The molecule has 2 fully saturated rings. The van der Waals surface area contributed by atoms with Gasteiger partial charge in [0.2, 0.25) is 11.8 Å². The van der Waals surface area contributed by atoms with Gasteiger partial charge < -0.3 is 9.80 Å². The first-order valence-corrected chi connectivity index (χ1v) is 11.6. The molecule has 4 amide bonds. The Hall–Kier alpha value is -4.00. The molecule has 12 nitrogen and oxygen atoms in total. The Kier molecular flexibility index (Phi) is 4.72. The predicted molar refractivity (Wildman–Crippen MR) is 116 cm³/mol. The predicted octanol–water partition coefficient (Wildman–Crippen LogP) is 0.119. The van der Waals surface area contributed by atoms with Crippen LogP contribution in [0.3, 0.4) is 0 Å². The van der Waals surface area contributed by atoms with Crippen LogP contribution in [0.2, 0.25) is 0 Å². The summed E-state index contributed by atoms with van der Waals surface area (Å²) in [6, 6.07) is 4.61. The van der Waals surface area contributed by atoms with Gasteiger partial charge in [-0.15, -0.1) is 26.6 Å². The van der Waals surface area contributed by atoms with E-state index in [-0.39, 0.29) is 35.8 Å². The van der Waals surface area contributed by atoms with Crippen molar-refractivity contribution < 1.29 is 19.2 Å². The van der Waals surface area contributed by atoms with Gasteiger partial charge in [0.25, 0.3) is 11.8 Å². The quantitative estimate of drug-likeness (QED) is 0.521. The van der Waals surface area contributed by atoms with E-state index in [2.05, 4.69) is 25.8 Å². The van der Waals surface area contributed by atoms with Crippen molar-refractivity contribution in [3.05, 3.63) is 51.7 Å². The monoisotopic (exact) mass is 478 g/mol. The SMILES string of the molecule is O=C1CCC(N2Cc3ccc(-n4cc(C(=O)N5CC(c6nncs6)C5)nn4)cc3C2=O)C(=O)N1. The van der Waals surface area contributed by atoms with Crippen molar-refractivity contribution in [2.24, 2.45) is 0 Å². The summed E-state index contributed by atoms with van der Waals surface area (Å²) < 4.78 is 1.46. The zero-order valence-electron chi connectivity index (χ0n) is 17.7. The summed E-state index contributed by atoms with van der Waals surface area (Å²) in [6.45, 7) is 1.42. The fourth-order valence-corrected chi connectivity index (χ4v) is 5.13. The fraction of sp³-hybridized carbons (Fsp3) is 0.333. The highest BCUT2D eigenvalue weighted by atomic mass is 32.1. The van der Waals surface area contributed by atoms with Gasteiger partial charge in [0.1, 0.15) is 16.6 Å². The Morgan fingerprint density at radius 2 is 2.00 bits per heavy atom. The average molecular weight is 478 g/mol. The molecule has 0 bridgehead atoms. The number of benzene rings is 1. The largest absolute Gasteiger partial charge is 0.336 e. The van der Waals surface area contributed by atoms with Gasteiger partial charge in [0.05, 0.1) is 11.9 Å². The molecule has 3 aliphatic heterocycles. The normalized spacial score (nSPS) is 20.4. The second-order valence-corrected chi connectivity index (χ2v) is 9.34. The molecule has 1 aromatic carbocycles. The molecular weight excluding hydrogens is 460 g/mol. The Morgan fingerprint density at radius 1 is 1.15 bits per heavy atom. The molecule has 5 heterocycles. The number of likely N-dealkylation sites (tertiary alicyclic amines) is 1. The van der Waals surface area contributed by atoms with Crippen LogP contribution in [0.15, 0.2) is 29.9 Å². The van der Waals surface area contributed by atoms with Gasteiger partial charge in [0, 0.05) is 37.5 Å². The molecule has 13 heteroatoms. The third-order valence-electron chi connectivity index (χ3n) is 6.38. The number of rotatable bonds is 4. The van der Waals surface area contributed by atoms with Crippen LogP contribution in [0.1, 0.15) is 50.2 Å². The number of piperidine rings is 1. The van der Waals surface area contributed by atoms with E-state index >= 15 is 0 Å². The maximum atomic E-state index is 13.0. The van der Waals surface area contributed by atoms with Crippen molar-refractivity contribution in [3.63, 3.8) is 0 Å². The van der Waals surface area contributed by atoms with E-state index in [1.165, 1.54) is 20.9 Å². The minimum Gasteiger partial charge on any atom is -0.336 e. The van der Waals surface area contributed by atoms with E-state index in [9.17, 15) is 19.2 Å². The van der Waals surface area contributed by atoms with Crippen molar-refractivity contribution in [1.82, 2.24) is 40.3 Å². The van der Waals surface area contributed by atoms with Crippen molar-refractivity contribution in [3.8, 4) is 5.69 Å². The van der Waals surface area contributed by atoms with Crippen LogP contribution < -0.4 is 5.32 Å². The topological polar surface area (TPSA) is 143 Å². The fourth-order valence-electron chi connectivity index (χ4n) is 4.50. The summed E-state index contributed by atoms with van der Waals surface area (Å²) in [5, 5.41) is 19.2. The van der Waals surface area contributed by atoms with Crippen LogP contribution >= 0.6 is 11.3 Å². The third-order valence-corrected chi connectivity index (χ3v) is 7.24. The standard InChI is InChI=1S/C21H18N8O4S/c30-17-4-3-16(18(31)23-17)28-8-11-1-2-13(5-14(11)20(28)32)29-9-15(24-26-29)21(33)27-6-12(7-27)19-25-22-10-34-19/h1-2,5,9-10,12,16H,3-4,6-8H2,(H,23,30,31). The van der Waals surface area contributed by atoms with Crippen LogP contribution in [0.25, 0.3) is 5.69 Å². The molecule has 2 aromatic heterocycles. The molecule has 0 radical (unpaired) electrons. The molecule has 1 atom stereocenters. The molecule has 1 N–H and O–H groups in total. The van der Waals surface area contributed by atoms with Crippen LogP contribution in [-0.4, -0.2) is 77.8 Å². The summed E-state index contributed by atoms with van der Waals surface area (Å²) in [7, 11) is 0. The second-order valence-electron chi connectivity index (χ2n) is 8.47. The van der Waals surface area contributed by atoms with E-state index in [1.54, 1.807) is 34.8 Å². The van der Waals surface area contributed by atoms with Crippen LogP contribution in [0.4, 0.5) is 0 Å². The minimum absolute atomic E-state index is 0.196. The van der Waals surface area contributed by atoms with Crippen LogP contribution in [0, 0.1) is 0 Å².